The molecule has 1 aliphatic heterocycles. The Balaban J connectivity index is 1.14. The Labute approximate surface area is 429 Å². The number of aromatic nitrogens is 1. The zero-order chi connectivity index (χ0) is 49.9. The number of aliphatic carboxylic acids is 1. The van der Waals surface area contributed by atoms with Crippen molar-refractivity contribution in [3.8, 4) is 28.7 Å². The minimum atomic E-state index is -1.48. The van der Waals surface area contributed by atoms with Crippen molar-refractivity contribution >= 4 is 121 Å². The molecule has 0 spiro atoms. The summed E-state index contributed by atoms with van der Waals surface area (Å²) < 4.78 is 24.4. The fraction of sp³-hybridized carbons (Fsp3) is 0.288. The fourth-order valence-electron chi connectivity index (χ4n) is 10.1. The van der Waals surface area contributed by atoms with Crippen molar-refractivity contribution in [2.75, 3.05) is 24.7 Å². The summed E-state index contributed by atoms with van der Waals surface area (Å²) >= 11 is 4.40. The summed E-state index contributed by atoms with van der Waals surface area (Å²) in [5.41, 5.74) is 7.15. The van der Waals surface area contributed by atoms with Crippen molar-refractivity contribution in [2.24, 2.45) is 0 Å². The van der Waals surface area contributed by atoms with E-state index in [0.717, 1.165) is 148 Å². The van der Waals surface area contributed by atoms with Crippen LogP contribution < -0.4 is 29.1 Å². The average molecular weight is 1010 g/mol. The molecule has 0 bridgehead atoms. The Hall–Kier alpha value is -6.98. The molecule has 72 heavy (non-hydrogen) atoms. The molecule has 0 aliphatic carbocycles. The smallest absolute Gasteiger partial charge is 0.349 e. The Morgan fingerprint density at radius 3 is 1.97 bits per heavy atom. The van der Waals surface area contributed by atoms with E-state index in [1.807, 2.05) is 18.2 Å². The number of unbranched alkanes of at least 4 members (excludes halogenated alkanes) is 6. The first kappa shape index (κ1) is 48.6. The van der Waals surface area contributed by atoms with E-state index in [-0.39, 0.29) is 15.7 Å². The highest BCUT2D eigenvalue weighted by Gasteiger charge is 2.25. The first-order chi connectivity index (χ1) is 35.2. The number of para-hydroxylation sites is 1. The molecule has 0 amide bonds. The standard InChI is InChI=1S/C59H55N3O7S3/c1-4-7-9-13-25-68-53-43-27-36(28-50-57(64)62(34-67-35-63)58(72-50)45(33-60)59(65)66)17-18-40(43)31-48-51(53)55-56(70-48)52-49(71-55)32-41-21-20-39(30-44(41)54(52)69-26-14-10-8-5-2)38-23-24-47-42(29-38)22-19-37-15-11-12-16-46(37)61(47)6-3/h11-12,15-18,20-21,23-24,27-32,35H,4-10,13-14,19,22,25-26,34H2,1-3H3,(H,65,66)/b50-28+,58-45+. The third-order valence-corrected chi connectivity index (χ3v) is 17.3. The van der Waals surface area contributed by atoms with Crippen LogP contribution in [0.2, 0.25) is 0 Å². The van der Waals surface area contributed by atoms with Crippen molar-refractivity contribution in [1.29, 1.82) is 5.26 Å². The topological polar surface area (TPSA) is 131 Å². The van der Waals surface area contributed by atoms with Gasteiger partial charge in [-0.3, -0.25) is 14.2 Å². The summed E-state index contributed by atoms with van der Waals surface area (Å²) in [5, 5.41) is 25.7. The molecule has 9 aromatic rings. The number of nitriles is 1. The number of carboxylic acids is 1. The minimum absolute atomic E-state index is 0.107. The summed E-state index contributed by atoms with van der Waals surface area (Å²) in [6.45, 7) is 8.35. The van der Waals surface area contributed by atoms with E-state index in [9.17, 15) is 24.8 Å². The van der Waals surface area contributed by atoms with Gasteiger partial charge in [-0.1, -0.05) is 101 Å². The monoisotopic (exact) mass is 1010 g/mol. The van der Waals surface area contributed by atoms with Gasteiger partial charge >= 0.3 is 5.97 Å². The number of aryl methyl sites for hydroxylation is 2. The number of carbonyl (C=O) groups excluding carboxylic acids is 1. The van der Waals surface area contributed by atoms with Crippen LogP contribution in [0.25, 0.3) is 73.9 Å². The Morgan fingerprint density at radius 2 is 1.33 bits per heavy atom. The van der Waals surface area contributed by atoms with Gasteiger partial charge in [-0.05, 0) is 120 Å². The molecule has 13 heteroatoms. The predicted octanol–water partition coefficient (Wildman–Crippen LogP) is 13.4. The summed E-state index contributed by atoms with van der Waals surface area (Å²) in [6.07, 6.45) is 12.2. The number of nitrogens with zero attached hydrogens (tertiary/aromatic N) is 3. The third-order valence-electron chi connectivity index (χ3n) is 13.7. The van der Waals surface area contributed by atoms with Gasteiger partial charge in [-0.2, -0.15) is 5.26 Å². The quantitative estimate of drug-likeness (QED) is 0.0621. The maximum Gasteiger partial charge on any atom is 0.349 e. The first-order valence-corrected chi connectivity index (χ1v) is 27.4. The molecule has 3 aromatic heterocycles. The second kappa shape index (κ2) is 21.4. The van der Waals surface area contributed by atoms with Gasteiger partial charge < -0.3 is 24.2 Å². The number of fused-ring (bicyclic) bond motifs is 9. The fourth-order valence-corrected chi connectivity index (χ4v) is 14.0. The maximum atomic E-state index is 13.7. The number of carboxylic acid groups (broad SMARTS) is 1. The molecule has 0 saturated heterocycles. The first-order valence-electron chi connectivity index (χ1n) is 25.0. The lowest BCUT2D eigenvalue weighted by Crippen LogP contribution is -2.33. The molecule has 4 heterocycles. The molecule has 10 nitrogen and oxygen atoms in total. The lowest BCUT2D eigenvalue weighted by Gasteiger charge is -2.25. The van der Waals surface area contributed by atoms with Crippen molar-refractivity contribution in [3.63, 3.8) is 0 Å². The lowest BCUT2D eigenvalue weighted by atomic mass is 9.96. The second-order valence-corrected chi connectivity index (χ2v) is 21.4. The number of hydrogen-bond donors (Lipinski definition) is 1. The number of hydrogen-bond acceptors (Lipinski definition) is 11. The van der Waals surface area contributed by atoms with Crippen LogP contribution in [0.3, 0.4) is 0 Å². The highest BCUT2D eigenvalue weighted by Crippen LogP contribution is 2.53. The van der Waals surface area contributed by atoms with Crippen molar-refractivity contribution in [3.05, 3.63) is 127 Å². The maximum absolute atomic E-state index is 13.7. The molecular formula is C59H55N3O7S3. The zero-order valence-corrected chi connectivity index (χ0v) is 43.1. The molecule has 1 aliphatic rings. The van der Waals surface area contributed by atoms with Gasteiger partial charge in [0.05, 0.1) is 37.9 Å². The highest BCUT2D eigenvalue weighted by atomic mass is 32.1. The molecule has 0 atom stereocenters. The number of carbonyl (C=O) groups is 2. The summed E-state index contributed by atoms with van der Waals surface area (Å²) in [4.78, 5) is 39.3. The van der Waals surface area contributed by atoms with Gasteiger partial charge in [0.15, 0.2) is 12.3 Å². The van der Waals surface area contributed by atoms with E-state index in [0.29, 0.717) is 18.8 Å². The van der Waals surface area contributed by atoms with Gasteiger partial charge in [0.1, 0.15) is 22.2 Å². The number of benzene rings is 6. The van der Waals surface area contributed by atoms with Crippen LogP contribution in [0.4, 0.5) is 11.4 Å². The van der Waals surface area contributed by atoms with E-state index in [2.05, 4.69) is 98.5 Å². The third kappa shape index (κ3) is 9.23. The Kier molecular flexibility index (Phi) is 14.5. The Morgan fingerprint density at radius 1 is 0.722 bits per heavy atom. The van der Waals surface area contributed by atoms with Crippen molar-refractivity contribution in [2.45, 2.75) is 91.7 Å². The van der Waals surface area contributed by atoms with Crippen LogP contribution in [0.15, 0.2) is 95.8 Å². The molecule has 0 unspecified atom stereocenters. The summed E-state index contributed by atoms with van der Waals surface area (Å²) in [7, 11) is 0. The molecule has 366 valence electrons. The zero-order valence-electron chi connectivity index (χ0n) is 40.7. The normalized spacial score (nSPS) is 13.1. The number of thiophene rings is 2. The SMILES string of the molecule is CCCCCCOc1c2cc(/C=c3/s/c(=C(\C#N)C(=O)O)n(COC=O)c3=O)ccc2cc2sc3c(sc4cc5ccc(-c6ccc7c(c6)CCc6ccccc6N7CC)cc5c(OCCCCCC)c43)c12. The van der Waals surface area contributed by atoms with Crippen LogP contribution in [0.5, 0.6) is 11.5 Å². The molecule has 1 N–H and O–H groups in total. The number of thiazole rings is 1. The minimum Gasteiger partial charge on any atom is -0.492 e. The molecule has 0 fully saturated rings. The molecule has 0 radical (unpaired) electrons. The highest BCUT2D eigenvalue weighted by molar-refractivity contribution is 7.36. The number of anilines is 2. The van der Waals surface area contributed by atoms with Crippen LogP contribution in [0.1, 0.15) is 88.8 Å². The largest absolute Gasteiger partial charge is 0.492 e. The molecule has 6 aromatic carbocycles. The van der Waals surface area contributed by atoms with Gasteiger partial charge in [0.25, 0.3) is 12.0 Å². The number of ether oxygens (including phenoxy) is 3. The molecular weight excluding hydrogens is 959 g/mol. The molecule has 10 rings (SSSR count). The second-order valence-electron chi connectivity index (χ2n) is 18.3. The molecule has 0 saturated carbocycles. The van der Waals surface area contributed by atoms with E-state index < -0.39 is 23.8 Å². The van der Waals surface area contributed by atoms with E-state index in [1.54, 1.807) is 34.8 Å². The summed E-state index contributed by atoms with van der Waals surface area (Å²) in [5.74, 6) is 0.218. The van der Waals surface area contributed by atoms with E-state index in [1.165, 1.54) is 34.5 Å². The van der Waals surface area contributed by atoms with Crippen LogP contribution in [0, 0.1) is 11.3 Å². The Bertz CT molecular complexity index is 3800. The van der Waals surface area contributed by atoms with Crippen molar-refractivity contribution in [1.82, 2.24) is 4.57 Å². The van der Waals surface area contributed by atoms with Crippen molar-refractivity contribution < 1.29 is 28.9 Å². The summed E-state index contributed by atoms with van der Waals surface area (Å²) in [6, 6.07) is 34.7. The van der Waals surface area contributed by atoms with Crippen LogP contribution in [-0.4, -0.2) is 41.9 Å². The number of rotatable bonds is 19. The lowest BCUT2D eigenvalue weighted by molar-refractivity contribution is -0.132. The van der Waals surface area contributed by atoms with Crippen LogP contribution in [-0.2, 0) is 33.9 Å². The van der Waals surface area contributed by atoms with Gasteiger partial charge in [0.2, 0.25) is 0 Å². The van der Waals surface area contributed by atoms with E-state index in [4.69, 9.17) is 14.2 Å². The average Bonchev–Trinajstić information content (AvgIpc) is 3.98. The predicted molar refractivity (Wildman–Crippen MR) is 296 cm³/mol. The van der Waals surface area contributed by atoms with Gasteiger partial charge in [0, 0.05) is 38.1 Å². The van der Waals surface area contributed by atoms with Gasteiger partial charge in [-0.15, -0.1) is 34.0 Å². The van der Waals surface area contributed by atoms with E-state index >= 15 is 0 Å². The van der Waals surface area contributed by atoms with Gasteiger partial charge in [-0.25, -0.2) is 4.79 Å². The van der Waals surface area contributed by atoms with Crippen LogP contribution >= 0.6 is 34.0 Å².